The first-order valence-electron chi connectivity index (χ1n) is 9.93. The molecule has 3 rings (SSSR count). The van der Waals surface area contributed by atoms with Crippen molar-refractivity contribution in [3.8, 4) is 34.3 Å². The smallest absolute Gasteiger partial charge is 0.289 e. The van der Waals surface area contributed by atoms with Crippen molar-refractivity contribution in [2.24, 2.45) is 5.10 Å². The third kappa shape index (κ3) is 4.83. The molecule has 3 aromatic rings. The van der Waals surface area contributed by atoms with Crippen LogP contribution in [-0.4, -0.2) is 50.3 Å². The largest absolute Gasteiger partial charge is 0.496 e. The lowest BCUT2D eigenvalue weighted by Crippen LogP contribution is -2.19. The number of carbonyl (C=O) groups is 1. The maximum absolute atomic E-state index is 12.6. The van der Waals surface area contributed by atoms with Gasteiger partial charge in [-0.3, -0.25) is 9.89 Å². The zero-order chi connectivity index (χ0) is 23.1. The van der Waals surface area contributed by atoms with Gasteiger partial charge in [-0.1, -0.05) is 0 Å². The van der Waals surface area contributed by atoms with Gasteiger partial charge in [0.15, 0.2) is 11.5 Å². The summed E-state index contributed by atoms with van der Waals surface area (Å²) in [5, 5.41) is 11.1. The van der Waals surface area contributed by atoms with Crippen LogP contribution in [0.5, 0.6) is 23.0 Å². The van der Waals surface area contributed by atoms with Crippen molar-refractivity contribution in [2.45, 2.75) is 13.8 Å². The van der Waals surface area contributed by atoms with Crippen molar-refractivity contribution in [1.82, 2.24) is 15.6 Å². The van der Waals surface area contributed by atoms with Crippen LogP contribution in [-0.2, 0) is 0 Å². The number of aromatic nitrogens is 2. The molecule has 0 fully saturated rings. The fraction of sp³-hybridized carbons (Fsp3) is 0.261. The van der Waals surface area contributed by atoms with E-state index >= 15 is 0 Å². The number of methoxy groups -OCH3 is 3. The molecule has 1 heterocycles. The molecule has 0 radical (unpaired) electrons. The maximum atomic E-state index is 12.6. The number of rotatable bonds is 9. The van der Waals surface area contributed by atoms with E-state index in [4.69, 9.17) is 18.9 Å². The van der Waals surface area contributed by atoms with E-state index in [1.807, 2.05) is 38.1 Å². The Morgan fingerprint density at radius 1 is 1.06 bits per heavy atom. The molecular formula is C23H26N4O5. The normalized spacial score (nSPS) is 10.8. The number of H-pyrrole nitrogens is 1. The minimum atomic E-state index is -0.414. The number of aromatic amines is 1. The molecule has 0 bridgehead atoms. The van der Waals surface area contributed by atoms with Gasteiger partial charge in [0, 0.05) is 22.8 Å². The first-order chi connectivity index (χ1) is 15.5. The molecule has 168 valence electrons. The Labute approximate surface area is 186 Å². The average molecular weight is 438 g/mol. The molecule has 1 aromatic heterocycles. The molecule has 9 nitrogen and oxygen atoms in total. The highest BCUT2D eigenvalue weighted by molar-refractivity contribution is 5.96. The Hall–Kier alpha value is -4.01. The van der Waals surface area contributed by atoms with E-state index in [1.54, 1.807) is 19.2 Å². The Morgan fingerprint density at radius 3 is 2.34 bits per heavy atom. The number of amides is 1. The summed E-state index contributed by atoms with van der Waals surface area (Å²) in [6.07, 6.45) is 1.47. The summed E-state index contributed by atoms with van der Waals surface area (Å²) in [6, 6.07) is 10.9. The molecule has 0 saturated heterocycles. The van der Waals surface area contributed by atoms with Gasteiger partial charge in [-0.25, -0.2) is 5.43 Å². The van der Waals surface area contributed by atoms with Crippen LogP contribution in [0.4, 0.5) is 0 Å². The van der Waals surface area contributed by atoms with Crippen LogP contribution in [0.3, 0.4) is 0 Å². The summed E-state index contributed by atoms with van der Waals surface area (Å²) in [4.78, 5) is 12.6. The maximum Gasteiger partial charge on any atom is 0.289 e. The SMILES string of the molecule is CCOc1ccc(-c2n[nH]c(C(=O)NN=Cc3cc(OC)c(OC)cc3OC)c2C)cc1. The molecule has 0 spiro atoms. The molecule has 1 amide bonds. The third-order valence-corrected chi connectivity index (χ3v) is 4.78. The lowest BCUT2D eigenvalue weighted by molar-refractivity contribution is 0.0949. The number of hydrazone groups is 1. The molecular weight excluding hydrogens is 412 g/mol. The quantitative estimate of drug-likeness (QED) is 0.391. The predicted molar refractivity (Wildman–Crippen MR) is 121 cm³/mol. The lowest BCUT2D eigenvalue weighted by atomic mass is 10.1. The molecule has 2 aromatic carbocycles. The summed E-state index contributed by atoms with van der Waals surface area (Å²) in [7, 11) is 4.61. The Balaban J connectivity index is 1.75. The number of nitrogens with one attached hydrogen (secondary N) is 2. The van der Waals surface area contributed by atoms with Gasteiger partial charge >= 0.3 is 0 Å². The van der Waals surface area contributed by atoms with Crippen LogP contribution in [0.25, 0.3) is 11.3 Å². The van der Waals surface area contributed by atoms with E-state index in [1.165, 1.54) is 20.4 Å². The molecule has 32 heavy (non-hydrogen) atoms. The van der Waals surface area contributed by atoms with Gasteiger partial charge < -0.3 is 18.9 Å². The average Bonchev–Trinajstić information content (AvgIpc) is 3.20. The molecule has 2 N–H and O–H groups in total. The predicted octanol–water partition coefficient (Wildman–Crippen LogP) is 3.57. The van der Waals surface area contributed by atoms with Gasteiger partial charge in [-0.2, -0.15) is 10.2 Å². The summed E-state index contributed by atoms with van der Waals surface area (Å²) < 4.78 is 21.4. The number of carbonyl (C=O) groups excluding carboxylic acids is 1. The van der Waals surface area contributed by atoms with E-state index < -0.39 is 5.91 Å². The van der Waals surface area contributed by atoms with Crippen molar-refractivity contribution in [2.75, 3.05) is 27.9 Å². The molecule has 0 aliphatic carbocycles. The van der Waals surface area contributed by atoms with Crippen LogP contribution >= 0.6 is 0 Å². The third-order valence-electron chi connectivity index (χ3n) is 4.78. The minimum absolute atomic E-state index is 0.324. The van der Waals surface area contributed by atoms with Crippen LogP contribution in [0, 0.1) is 6.92 Å². The summed E-state index contributed by atoms with van der Waals surface area (Å²) in [6.45, 7) is 4.35. The topological polar surface area (TPSA) is 107 Å². The summed E-state index contributed by atoms with van der Waals surface area (Å²) >= 11 is 0. The van der Waals surface area contributed by atoms with Crippen LogP contribution in [0.1, 0.15) is 28.5 Å². The lowest BCUT2D eigenvalue weighted by Gasteiger charge is -2.11. The van der Waals surface area contributed by atoms with E-state index in [0.29, 0.717) is 46.4 Å². The fourth-order valence-electron chi connectivity index (χ4n) is 3.15. The van der Waals surface area contributed by atoms with E-state index in [-0.39, 0.29) is 0 Å². The highest BCUT2D eigenvalue weighted by Crippen LogP contribution is 2.33. The standard InChI is InChI=1S/C23H26N4O5/c1-6-32-17-9-7-15(8-10-17)21-14(2)22(26-25-21)23(28)27-24-13-16-11-19(30-4)20(31-5)12-18(16)29-3/h7-13H,6H2,1-5H3,(H,25,26)(H,27,28). The first-order valence-corrected chi connectivity index (χ1v) is 9.93. The second kappa shape index (κ2) is 10.3. The van der Waals surface area contributed by atoms with Crippen molar-refractivity contribution in [1.29, 1.82) is 0 Å². The molecule has 0 atom stereocenters. The van der Waals surface area contributed by atoms with Gasteiger partial charge in [0.2, 0.25) is 0 Å². The summed E-state index contributed by atoms with van der Waals surface area (Å²) in [5.41, 5.74) is 5.72. The van der Waals surface area contributed by atoms with Gasteiger partial charge in [0.25, 0.3) is 5.91 Å². The van der Waals surface area contributed by atoms with Gasteiger partial charge in [0.05, 0.1) is 39.8 Å². The monoisotopic (exact) mass is 438 g/mol. The number of hydrogen-bond acceptors (Lipinski definition) is 7. The van der Waals surface area contributed by atoms with E-state index in [2.05, 4.69) is 20.7 Å². The second-order valence-corrected chi connectivity index (χ2v) is 6.68. The molecule has 0 unspecified atom stereocenters. The molecule has 9 heteroatoms. The molecule has 0 aliphatic rings. The van der Waals surface area contributed by atoms with Crippen molar-refractivity contribution >= 4 is 12.1 Å². The Kier molecular flexibility index (Phi) is 7.33. The Bertz CT molecular complexity index is 1110. The van der Waals surface area contributed by atoms with Crippen molar-refractivity contribution < 1.29 is 23.7 Å². The molecule has 0 aliphatic heterocycles. The minimum Gasteiger partial charge on any atom is -0.496 e. The van der Waals surface area contributed by atoms with Crippen molar-refractivity contribution in [3.63, 3.8) is 0 Å². The van der Waals surface area contributed by atoms with Crippen LogP contribution in [0.15, 0.2) is 41.5 Å². The highest BCUT2D eigenvalue weighted by atomic mass is 16.5. The zero-order valence-corrected chi connectivity index (χ0v) is 18.7. The Morgan fingerprint density at radius 2 is 1.72 bits per heavy atom. The number of hydrogen-bond donors (Lipinski definition) is 2. The van der Waals surface area contributed by atoms with Crippen LogP contribution < -0.4 is 24.4 Å². The van der Waals surface area contributed by atoms with Crippen LogP contribution in [0.2, 0.25) is 0 Å². The molecule has 0 saturated carbocycles. The van der Waals surface area contributed by atoms with E-state index in [0.717, 1.165) is 11.3 Å². The van der Waals surface area contributed by atoms with Gasteiger partial charge in [-0.15, -0.1) is 0 Å². The second-order valence-electron chi connectivity index (χ2n) is 6.68. The summed E-state index contributed by atoms with van der Waals surface area (Å²) in [5.74, 6) is 1.94. The van der Waals surface area contributed by atoms with E-state index in [9.17, 15) is 4.79 Å². The zero-order valence-electron chi connectivity index (χ0n) is 18.7. The number of ether oxygens (including phenoxy) is 4. The fourth-order valence-corrected chi connectivity index (χ4v) is 3.15. The van der Waals surface area contributed by atoms with Crippen molar-refractivity contribution in [3.05, 3.63) is 53.2 Å². The highest BCUT2D eigenvalue weighted by Gasteiger charge is 2.17. The first kappa shape index (κ1) is 22.7. The number of nitrogens with zero attached hydrogens (tertiary/aromatic N) is 2. The number of benzene rings is 2. The van der Waals surface area contributed by atoms with Gasteiger partial charge in [0.1, 0.15) is 17.2 Å². The van der Waals surface area contributed by atoms with Gasteiger partial charge in [-0.05, 0) is 44.2 Å².